The summed E-state index contributed by atoms with van der Waals surface area (Å²) in [7, 11) is 9.01. The molecule has 0 amide bonds. The molecule has 0 heterocycles. The van der Waals surface area contributed by atoms with E-state index in [1.807, 2.05) is 7.17 Å². The predicted molar refractivity (Wildman–Crippen MR) is 50.8 cm³/mol. The summed E-state index contributed by atoms with van der Waals surface area (Å²) in [6.45, 7) is 11.0. The molecule has 0 rings (SSSR count). The molecule has 0 saturated heterocycles. The summed E-state index contributed by atoms with van der Waals surface area (Å²) >= 11 is 0. The van der Waals surface area contributed by atoms with Gasteiger partial charge in [0.05, 0.1) is 7.17 Å². The highest BCUT2D eigenvalue weighted by Gasteiger charge is 2.30. The maximum absolute atomic E-state index is 5.33. The summed E-state index contributed by atoms with van der Waals surface area (Å²) in [6.07, 6.45) is 0. The molecule has 0 spiro atoms. The van der Waals surface area contributed by atoms with Crippen LogP contribution in [0.2, 0.25) is 5.31 Å². The van der Waals surface area contributed by atoms with Crippen LogP contribution in [0.4, 0.5) is 0 Å². The molecule has 0 bridgehead atoms. The third-order valence-electron chi connectivity index (χ3n) is 2.45. The van der Waals surface area contributed by atoms with Crippen molar-refractivity contribution >= 4 is 22.0 Å². The lowest BCUT2D eigenvalue weighted by atomic mass is 9.18. The van der Waals surface area contributed by atoms with Gasteiger partial charge in [-0.3, -0.25) is 0 Å². The van der Waals surface area contributed by atoms with Crippen molar-refractivity contribution in [1.82, 2.24) is 0 Å². The molecule has 0 fully saturated rings. The van der Waals surface area contributed by atoms with E-state index in [4.69, 9.17) is 7.74 Å². The third kappa shape index (κ3) is 2.44. The molecule has 0 aliphatic carbocycles. The third-order valence-corrected chi connectivity index (χ3v) is 2.45. The second-order valence-corrected chi connectivity index (χ2v) is 4.33. The Morgan fingerprint density at radius 1 is 1.00 bits per heavy atom. The zero-order chi connectivity index (χ0) is 8.41. The maximum Gasteiger partial charge on any atom is 0.0629 e. The van der Waals surface area contributed by atoms with Gasteiger partial charge in [-0.25, -0.2) is 0 Å². The zero-order valence-electron chi connectivity index (χ0n) is 7.73. The van der Waals surface area contributed by atoms with Crippen molar-refractivity contribution in [2.24, 2.45) is 5.41 Å². The van der Waals surface area contributed by atoms with Crippen LogP contribution in [0.1, 0.15) is 34.6 Å². The predicted octanol–water partition coefficient (Wildman–Crippen LogP) is 1.64. The Morgan fingerprint density at radius 2 is 1.40 bits per heavy atom. The molecular formula is C7H15B3. The van der Waals surface area contributed by atoms with Gasteiger partial charge in [-0.05, 0) is 5.41 Å². The van der Waals surface area contributed by atoms with Gasteiger partial charge in [0.25, 0.3) is 0 Å². The zero-order valence-corrected chi connectivity index (χ0v) is 7.73. The monoisotopic (exact) mass is 132 g/mol. The molecule has 0 N–H and O–H groups in total. The van der Waals surface area contributed by atoms with E-state index in [2.05, 4.69) is 34.6 Å². The summed E-state index contributed by atoms with van der Waals surface area (Å²) in [5, 5.41) is 0.182. The number of rotatable bonds is 2. The highest BCUT2D eigenvalue weighted by Crippen LogP contribution is 2.42. The first-order valence-corrected chi connectivity index (χ1v) is 3.71. The van der Waals surface area contributed by atoms with E-state index in [1.54, 1.807) is 7.06 Å². The van der Waals surface area contributed by atoms with Crippen molar-refractivity contribution < 1.29 is 0 Å². The lowest BCUT2D eigenvalue weighted by Crippen LogP contribution is -2.32. The van der Waals surface area contributed by atoms with E-state index in [0.717, 1.165) is 0 Å². The van der Waals surface area contributed by atoms with E-state index in [0.29, 0.717) is 0 Å². The van der Waals surface area contributed by atoms with Gasteiger partial charge in [0.1, 0.15) is 0 Å². The molecule has 0 aromatic heterocycles. The lowest BCUT2D eigenvalue weighted by Gasteiger charge is -2.39. The van der Waals surface area contributed by atoms with E-state index < -0.39 is 0 Å². The Labute approximate surface area is 68.0 Å². The lowest BCUT2D eigenvalue weighted by molar-refractivity contribution is 0.301. The second kappa shape index (κ2) is 3.06. The van der Waals surface area contributed by atoms with Crippen LogP contribution in [0.15, 0.2) is 0 Å². The quantitative estimate of drug-likeness (QED) is 0.500. The molecule has 0 saturated carbocycles. The van der Waals surface area contributed by atoms with Crippen molar-refractivity contribution in [2.75, 3.05) is 0 Å². The summed E-state index contributed by atoms with van der Waals surface area (Å²) in [4.78, 5) is 0. The van der Waals surface area contributed by atoms with Crippen LogP contribution in [0.25, 0.3) is 0 Å². The number of hydrogen-bond acceptors (Lipinski definition) is 0. The average molecular weight is 132 g/mol. The first-order chi connectivity index (χ1) is 4.31. The first kappa shape index (κ1) is 10.2. The topological polar surface area (TPSA) is 0 Å². The van der Waals surface area contributed by atoms with Gasteiger partial charge in [-0.15, -0.1) is 0 Å². The van der Waals surface area contributed by atoms with Gasteiger partial charge in [-0.1, -0.05) is 39.9 Å². The van der Waals surface area contributed by atoms with Gasteiger partial charge in [0, 0.05) is 14.8 Å². The summed E-state index contributed by atoms with van der Waals surface area (Å²) < 4.78 is 0. The highest BCUT2D eigenvalue weighted by molar-refractivity contribution is 7.24. The van der Waals surface area contributed by atoms with Gasteiger partial charge in [0.15, 0.2) is 0 Å². The minimum Gasteiger partial charge on any atom is -0.0677 e. The summed E-state index contributed by atoms with van der Waals surface area (Å²) in [6, 6.07) is 0. The Hall–Kier alpha value is 0.195. The first-order valence-electron chi connectivity index (χ1n) is 3.71. The molecule has 52 valence electrons. The summed E-state index contributed by atoms with van der Waals surface area (Å²) in [5.41, 5.74) is 0.281. The molecule has 0 aliphatic rings. The molecule has 0 aromatic carbocycles. The fourth-order valence-corrected chi connectivity index (χ4v) is 0.491. The molecule has 10 heavy (non-hydrogen) atoms. The minimum atomic E-state index is 0.182. The van der Waals surface area contributed by atoms with Crippen molar-refractivity contribution in [3.8, 4) is 0 Å². The molecule has 0 unspecified atom stereocenters. The van der Waals surface area contributed by atoms with Gasteiger partial charge >= 0.3 is 0 Å². The van der Waals surface area contributed by atoms with E-state index >= 15 is 0 Å². The van der Waals surface area contributed by atoms with Gasteiger partial charge < -0.3 is 0 Å². The van der Waals surface area contributed by atoms with Gasteiger partial charge in [0.2, 0.25) is 0 Å². The molecule has 0 atom stereocenters. The fraction of sp³-hybridized carbons (Fsp3) is 1.00. The molecule has 0 nitrogen and oxygen atoms in total. The largest absolute Gasteiger partial charge is 0.0677 e. The average Bonchev–Trinajstić information content (AvgIpc) is 1.61. The molecule has 0 aliphatic heterocycles. The molecule has 4 radical (unpaired) electrons. The fourth-order valence-electron chi connectivity index (χ4n) is 0.491. The highest BCUT2D eigenvalue weighted by atomic mass is 14.3. The smallest absolute Gasteiger partial charge is 0.0629 e. The normalized spacial score (nSPS) is 12.9. The molecule has 3 heteroatoms. The Morgan fingerprint density at radius 3 is 1.50 bits per heavy atom. The van der Waals surface area contributed by atoms with Crippen LogP contribution in [0.5, 0.6) is 0 Å². The van der Waals surface area contributed by atoms with Crippen LogP contribution in [0.3, 0.4) is 0 Å². The van der Waals surface area contributed by atoms with Gasteiger partial charge in [-0.2, -0.15) is 0 Å². The van der Waals surface area contributed by atoms with Crippen LogP contribution >= 0.6 is 0 Å². The van der Waals surface area contributed by atoms with Crippen molar-refractivity contribution in [3.63, 3.8) is 0 Å². The van der Waals surface area contributed by atoms with Crippen LogP contribution in [0, 0.1) is 5.41 Å². The second-order valence-electron chi connectivity index (χ2n) is 4.33. The van der Waals surface area contributed by atoms with E-state index in [1.165, 1.54) is 0 Å². The van der Waals surface area contributed by atoms with Crippen molar-refractivity contribution in [1.29, 1.82) is 0 Å². The van der Waals surface area contributed by atoms with E-state index in [-0.39, 0.29) is 10.7 Å². The van der Waals surface area contributed by atoms with Crippen LogP contribution in [-0.4, -0.2) is 22.0 Å². The van der Waals surface area contributed by atoms with Crippen molar-refractivity contribution in [3.05, 3.63) is 0 Å². The Kier molecular flexibility index (Phi) is 3.12. The summed E-state index contributed by atoms with van der Waals surface area (Å²) in [5.74, 6) is 0. The minimum absolute atomic E-state index is 0.182. The Balaban J connectivity index is 4.10. The van der Waals surface area contributed by atoms with Crippen LogP contribution in [-0.2, 0) is 0 Å². The van der Waals surface area contributed by atoms with E-state index in [9.17, 15) is 0 Å². The van der Waals surface area contributed by atoms with Crippen molar-refractivity contribution in [2.45, 2.75) is 39.9 Å². The van der Waals surface area contributed by atoms with Crippen LogP contribution < -0.4 is 0 Å². The maximum atomic E-state index is 5.33. The number of hydrogen-bond donors (Lipinski definition) is 0. The Bertz CT molecular complexity index is 102. The standard InChI is InChI=1S/C7H15B3/c1-6(2,3)7(4,5)9-10-8/h1-5H3. The SMILES string of the molecule is [B][B][B]C(C)(C)C(C)(C)C. The molecule has 0 aromatic rings. The molecular weight excluding hydrogens is 117 g/mol.